The molecule has 5 rings (SSSR count). The van der Waals surface area contributed by atoms with E-state index in [0.717, 1.165) is 10.3 Å². The summed E-state index contributed by atoms with van der Waals surface area (Å²) in [6.07, 6.45) is 7.57. The van der Waals surface area contributed by atoms with Gasteiger partial charge in [-0.1, -0.05) is 18.2 Å². The molecule has 0 aliphatic rings. The minimum Gasteiger partial charge on any atom is -0.493 e. The topological polar surface area (TPSA) is 160 Å². The van der Waals surface area contributed by atoms with Crippen LogP contribution in [0.4, 0.5) is 5.82 Å². The lowest BCUT2D eigenvalue weighted by Crippen LogP contribution is -2.15. The van der Waals surface area contributed by atoms with E-state index in [1.54, 1.807) is 48.8 Å². The number of rotatable bonds is 13. The molecule has 0 fully saturated rings. The van der Waals surface area contributed by atoms with Crippen molar-refractivity contribution < 1.29 is 27.4 Å². The van der Waals surface area contributed by atoms with E-state index in [2.05, 4.69) is 50.6 Å². The number of ether oxygens (including phenoxy) is 4. The number of nitrogens with one attached hydrogen (secondary N) is 1. The van der Waals surface area contributed by atoms with Crippen molar-refractivity contribution in [1.82, 2.24) is 29.9 Å². The molecule has 0 atom stereocenters. The number of methoxy groups -OCH3 is 1. The van der Waals surface area contributed by atoms with E-state index in [-0.39, 0.29) is 54.1 Å². The van der Waals surface area contributed by atoms with Crippen molar-refractivity contribution in [2.45, 2.75) is 0 Å². The highest BCUT2D eigenvalue weighted by atomic mass is 79.9. The third kappa shape index (κ3) is 8.21. The Morgan fingerprint density at radius 1 is 0.907 bits per heavy atom. The summed E-state index contributed by atoms with van der Waals surface area (Å²) in [4.78, 5) is 26.1. The lowest BCUT2D eigenvalue weighted by Gasteiger charge is -2.17. The summed E-state index contributed by atoms with van der Waals surface area (Å²) in [6, 6.07) is 12.2. The molecule has 0 unspecified atom stereocenters. The van der Waals surface area contributed by atoms with Crippen LogP contribution >= 0.6 is 27.3 Å². The molecule has 0 radical (unpaired) electrons. The summed E-state index contributed by atoms with van der Waals surface area (Å²) in [6.45, 7) is -0.0141. The fourth-order valence-electron chi connectivity index (χ4n) is 3.37. The third-order valence-corrected chi connectivity index (χ3v) is 7.44. The van der Waals surface area contributed by atoms with Gasteiger partial charge in [0, 0.05) is 29.7 Å². The summed E-state index contributed by atoms with van der Waals surface area (Å²) in [7, 11) is -2.61. The Morgan fingerprint density at radius 2 is 1.65 bits per heavy atom. The van der Waals surface area contributed by atoms with Gasteiger partial charge in [0.2, 0.25) is 11.6 Å². The van der Waals surface area contributed by atoms with Crippen LogP contribution in [0.1, 0.15) is 4.88 Å². The molecule has 0 aliphatic carbocycles. The highest BCUT2D eigenvalue weighted by molar-refractivity contribution is 9.10. The standard InChI is InChI=1S/C27H22BrN7O6S2/c1-38-20-7-2-3-8-21(20)41-22-23(35-43(36,37)15-9-19-6-4-14-42-19)33-25(24-29-10-5-11-30-24)34-26(22)39-12-13-40-27-31-16-18(28)17-32-27/h2-11,14-17H,12-13H2,1H3,(H,33,34,35)/b15-9-. The molecule has 1 N–H and O–H groups in total. The Labute approximate surface area is 258 Å². The second kappa shape index (κ2) is 14.0. The molecule has 0 saturated carbocycles. The lowest BCUT2D eigenvalue weighted by molar-refractivity contribution is 0.197. The van der Waals surface area contributed by atoms with Crippen LogP contribution in [0.5, 0.6) is 29.1 Å². The van der Waals surface area contributed by atoms with Crippen molar-refractivity contribution in [3.63, 3.8) is 0 Å². The van der Waals surface area contributed by atoms with Crippen molar-refractivity contribution in [2.24, 2.45) is 0 Å². The fourth-order valence-corrected chi connectivity index (χ4v) is 5.08. The van der Waals surface area contributed by atoms with Gasteiger partial charge in [0.05, 0.1) is 17.0 Å². The molecule has 4 heterocycles. The maximum atomic E-state index is 13.2. The van der Waals surface area contributed by atoms with Crippen LogP contribution in [-0.4, -0.2) is 58.6 Å². The van der Waals surface area contributed by atoms with Crippen molar-refractivity contribution in [2.75, 3.05) is 25.0 Å². The molecule has 0 saturated heterocycles. The summed E-state index contributed by atoms with van der Waals surface area (Å²) >= 11 is 4.66. The zero-order chi connectivity index (χ0) is 30.1. The van der Waals surface area contributed by atoms with Gasteiger partial charge in [-0.15, -0.1) is 11.3 Å². The normalized spacial score (nSPS) is 11.3. The quantitative estimate of drug-likeness (QED) is 0.161. The summed E-state index contributed by atoms with van der Waals surface area (Å²) < 4.78 is 52.6. The van der Waals surface area contributed by atoms with E-state index >= 15 is 0 Å². The van der Waals surface area contributed by atoms with Crippen LogP contribution in [0, 0.1) is 0 Å². The predicted molar refractivity (Wildman–Crippen MR) is 163 cm³/mol. The number of para-hydroxylation sites is 2. The van der Waals surface area contributed by atoms with Gasteiger partial charge in [-0.05, 0) is 51.7 Å². The lowest BCUT2D eigenvalue weighted by atomic mass is 10.3. The number of sulfonamides is 1. The molecule has 1 aromatic carbocycles. The molecule has 13 nitrogen and oxygen atoms in total. The van der Waals surface area contributed by atoms with Gasteiger partial charge in [0.1, 0.15) is 13.2 Å². The number of nitrogens with zero attached hydrogens (tertiary/aromatic N) is 6. The van der Waals surface area contributed by atoms with Gasteiger partial charge < -0.3 is 18.9 Å². The van der Waals surface area contributed by atoms with Gasteiger partial charge in [-0.25, -0.2) is 33.3 Å². The van der Waals surface area contributed by atoms with Crippen LogP contribution in [-0.2, 0) is 10.0 Å². The summed E-state index contributed by atoms with van der Waals surface area (Å²) in [5.41, 5.74) is 0. The number of aromatic nitrogens is 6. The number of halogens is 1. The fraction of sp³-hybridized carbons (Fsp3) is 0.111. The van der Waals surface area contributed by atoms with Gasteiger partial charge in [0.25, 0.3) is 15.9 Å². The highest BCUT2D eigenvalue weighted by Gasteiger charge is 2.24. The van der Waals surface area contributed by atoms with Crippen LogP contribution in [0.15, 0.2) is 82.5 Å². The van der Waals surface area contributed by atoms with Crippen molar-refractivity contribution in [1.29, 1.82) is 0 Å². The molecule has 0 spiro atoms. The first kappa shape index (κ1) is 29.8. The first-order valence-corrected chi connectivity index (χ1v) is 15.6. The molecule has 43 heavy (non-hydrogen) atoms. The molecule has 16 heteroatoms. The molecule has 0 bridgehead atoms. The first-order valence-electron chi connectivity index (χ1n) is 12.4. The van der Waals surface area contributed by atoms with Gasteiger partial charge in [0.15, 0.2) is 23.1 Å². The van der Waals surface area contributed by atoms with E-state index in [0.29, 0.717) is 10.2 Å². The smallest absolute Gasteiger partial charge is 0.316 e. The largest absolute Gasteiger partial charge is 0.493 e. The zero-order valence-electron chi connectivity index (χ0n) is 22.3. The van der Waals surface area contributed by atoms with E-state index in [4.69, 9.17) is 18.9 Å². The molecule has 0 amide bonds. The van der Waals surface area contributed by atoms with Gasteiger partial charge in [-0.2, -0.15) is 4.98 Å². The van der Waals surface area contributed by atoms with E-state index in [1.165, 1.54) is 36.9 Å². The predicted octanol–water partition coefficient (Wildman–Crippen LogP) is 5.22. The van der Waals surface area contributed by atoms with Crippen molar-refractivity contribution in [3.05, 3.63) is 87.4 Å². The van der Waals surface area contributed by atoms with Crippen LogP contribution in [0.2, 0.25) is 0 Å². The van der Waals surface area contributed by atoms with Crippen LogP contribution < -0.4 is 23.7 Å². The van der Waals surface area contributed by atoms with Crippen molar-refractivity contribution >= 4 is 49.2 Å². The SMILES string of the molecule is COc1ccccc1Oc1c(NS(=O)(=O)/C=C\c2cccs2)nc(-c2ncccn2)nc1OCCOc1ncc(Br)cn1. The van der Waals surface area contributed by atoms with E-state index in [9.17, 15) is 8.42 Å². The molecule has 0 aliphatic heterocycles. The number of hydrogen-bond acceptors (Lipinski definition) is 13. The minimum absolute atomic E-state index is 0.0138. The van der Waals surface area contributed by atoms with E-state index in [1.807, 2.05) is 11.4 Å². The van der Waals surface area contributed by atoms with E-state index < -0.39 is 10.0 Å². The zero-order valence-corrected chi connectivity index (χ0v) is 25.5. The Balaban J connectivity index is 1.52. The number of thiophene rings is 1. The average molecular weight is 685 g/mol. The molecule has 220 valence electrons. The molecular formula is C27H22BrN7O6S2. The Hall–Kier alpha value is -4.67. The second-order valence-electron chi connectivity index (χ2n) is 8.20. The molecular weight excluding hydrogens is 662 g/mol. The maximum absolute atomic E-state index is 13.2. The molecule has 4 aromatic heterocycles. The first-order chi connectivity index (χ1) is 20.9. The monoisotopic (exact) mass is 683 g/mol. The van der Waals surface area contributed by atoms with Crippen LogP contribution in [0.3, 0.4) is 0 Å². The maximum Gasteiger partial charge on any atom is 0.316 e. The third-order valence-electron chi connectivity index (χ3n) is 5.22. The average Bonchev–Trinajstić information content (AvgIpc) is 3.55. The Morgan fingerprint density at radius 3 is 2.37 bits per heavy atom. The minimum atomic E-state index is -4.09. The Kier molecular flexibility index (Phi) is 9.70. The second-order valence-corrected chi connectivity index (χ2v) is 11.7. The summed E-state index contributed by atoms with van der Waals surface area (Å²) in [5.74, 6) is 0.305. The molecule has 5 aromatic rings. The highest BCUT2D eigenvalue weighted by Crippen LogP contribution is 2.41. The Bertz CT molecular complexity index is 1790. The van der Waals surface area contributed by atoms with Gasteiger partial charge in [-0.3, -0.25) is 4.72 Å². The van der Waals surface area contributed by atoms with Crippen molar-refractivity contribution in [3.8, 4) is 40.8 Å². The summed E-state index contributed by atoms with van der Waals surface area (Å²) in [5, 5.41) is 2.87. The number of hydrogen-bond donors (Lipinski definition) is 1. The number of benzene rings is 1. The van der Waals surface area contributed by atoms with Crippen LogP contribution in [0.25, 0.3) is 17.7 Å². The number of anilines is 1. The van der Waals surface area contributed by atoms with Gasteiger partial charge >= 0.3 is 6.01 Å².